The van der Waals surface area contributed by atoms with E-state index in [0.717, 1.165) is 49.1 Å². The molecule has 5 heteroatoms. The van der Waals surface area contributed by atoms with Gasteiger partial charge in [0.05, 0.1) is 11.1 Å². The number of fused-ring (bicyclic) bond motifs is 1. The minimum Gasteiger partial charge on any atom is -0.346 e. The number of pyridine rings is 1. The third kappa shape index (κ3) is 3.44. The number of likely N-dealkylation sites (tertiary alicyclic amines) is 1. The first-order chi connectivity index (χ1) is 13.7. The summed E-state index contributed by atoms with van der Waals surface area (Å²) in [4.78, 5) is 23.7. The number of nitrogens with zero attached hydrogens (tertiary/aromatic N) is 3. The smallest absolute Gasteiger partial charge is 0.255 e. The average Bonchev–Trinajstić information content (AvgIpc) is 3.16. The van der Waals surface area contributed by atoms with Gasteiger partial charge in [0.15, 0.2) is 0 Å². The van der Waals surface area contributed by atoms with Crippen LogP contribution >= 0.6 is 0 Å². The molecule has 0 aliphatic carbocycles. The molecule has 0 saturated carbocycles. The Morgan fingerprint density at radius 1 is 1.32 bits per heavy atom. The summed E-state index contributed by atoms with van der Waals surface area (Å²) in [7, 11) is 1.82. The maximum absolute atomic E-state index is 13.0. The highest BCUT2D eigenvalue weighted by Crippen LogP contribution is 2.33. The fraction of sp³-hybridized carbons (Fsp3) is 0.348. The number of amides is 1. The second-order valence-electron chi connectivity index (χ2n) is 7.33. The second kappa shape index (κ2) is 7.97. The molecule has 2 aliphatic heterocycles. The lowest BCUT2D eigenvalue weighted by atomic mass is 9.85. The highest BCUT2D eigenvalue weighted by atomic mass is 16.2. The number of hydrogen-bond acceptors (Lipinski definition) is 3. The van der Waals surface area contributed by atoms with E-state index < -0.39 is 0 Å². The van der Waals surface area contributed by atoms with E-state index in [0.29, 0.717) is 11.5 Å². The molecule has 1 fully saturated rings. The molecule has 28 heavy (non-hydrogen) atoms. The van der Waals surface area contributed by atoms with Gasteiger partial charge >= 0.3 is 0 Å². The van der Waals surface area contributed by atoms with Gasteiger partial charge in [-0.05, 0) is 42.9 Å². The fourth-order valence-electron chi connectivity index (χ4n) is 4.14. The van der Waals surface area contributed by atoms with E-state index in [1.807, 2.05) is 42.3 Å². The Kier molecular flexibility index (Phi) is 5.24. The van der Waals surface area contributed by atoms with Crippen molar-refractivity contribution in [3.63, 3.8) is 0 Å². The largest absolute Gasteiger partial charge is 0.346 e. The van der Waals surface area contributed by atoms with E-state index in [1.165, 1.54) is 11.1 Å². The molecule has 3 heterocycles. The SMILES string of the molecule is CC/C=C1/C(C2CCN(C(=O)c3cnc4ccccc4c3)CC2)=CNC1=NC. The van der Waals surface area contributed by atoms with Crippen LogP contribution in [-0.4, -0.2) is 41.8 Å². The number of benzene rings is 1. The first-order valence-corrected chi connectivity index (χ1v) is 9.99. The van der Waals surface area contributed by atoms with Crippen LogP contribution in [0.5, 0.6) is 0 Å². The Hall–Kier alpha value is -2.95. The third-order valence-corrected chi connectivity index (χ3v) is 5.62. The first kappa shape index (κ1) is 18.4. The molecule has 1 aromatic carbocycles. The lowest BCUT2D eigenvalue weighted by Crippen LogP contribution is -2.39. The van der Waals surface area contributed by atoms with Gasteiger partial charge in [-0.2, -0.15) is 0 Å². The molecule has 1 amide bonds. The van der Waals surface area contributed by atoms with Crippen LogP contribution in [0.1, 0.15) is 36.5 Å². The lowest BCUT2D eigenvalue weighted by Gasteiger charge is -2.33. The molecular formula is C23H26N4O. The summed E-state index contributed by atoms with van der Waals surface area (Å²) < 4.78 is 0. The number of amidine groups is 1. The summed E-state index contributed by atoms with van der Waals surface area (Å²) in [6.45, 7) is 3.69. The van der Waals surface area contributed by atoms with Crippen molar-refractivity contribution in [2.24, 2.45) is 10.9 Å². The van der Waals surface area contributed by atoms with Crippen molar-refractivity contribution in [2.75, 3.05) is 20.1 Å². The van der Waals surface area contributed by atoms with E-state index in [9.17, 15) is 4.79 Å². The number of piperidine rings is 1. The number of nitrogens with one attached hydrogen (secondary N) is 1. The molecule has 2 aliphatic rings. The van der Waals surface area contributed by atoms with Crippen molar-refractivity contribution >= 4 is 22.6 Å². The number of hydrogen-bond donors (Lipinski definition) is 1. The van der Waals surface area contributed by atoms with E-state index in [-0.39, 0.29) is 5.91 Å². The molecule has 0 bridgehead atoms. The van der Waals surface area contributed by atoms with E-state index in [2.05, 4.69) is 34.5 Å². The van der Waals surface area contributed by atoms with Gasteiger partial charge in [-0.3, -0.25) is 14.8 Å². The Morgan fingerprint density at radius 3 is 2.86 bits per heavy atom. The summed E-state index contributed by atoms with van der Waals surface area (Å²) in [6.07, 6.45) is 8.97. The number of allylic oxidation sites excluding steroid dienone is 1. The van der Waals surface area contributed by atoms with Gasteiger partial charge in [0.1, 0.15) is 5.84 Å². The maximum atomic E-state index is 13.0. The molecule has 0 unspecified atom stereocenters. The van der Waals surface area contributed by atoms with Crippen LogP contribution in [0.15, 0.2) is 64.9 Å². The van der Waals surface area contributed by atoms with Crippen LogP contribution < -0.4 is 5.32 Å². The van der Waals surface area contributed by atoms with Crippen LogP contribution in [0.4, 0.5) is 0 Å². The molecule has 0 radical (unpaired) electrons. The molecule has 0 atom stereocenters. The van der Waals surface area contributed by atoms with Gasteiger partial charge in [-0.1, -0.05) is 31.2 Å². The van der Waals surface area contributed by atoms with Crippen LogP contribution in [0.2, 0.25) is 0 Å². The van der Waals surface area contributed by atoms with Gasteiger partial charge in [0, 0.05) is 43.5 Å². The number of para-hydroxylation sites is 1. The number of aromatic nitrogens is 1. The average molecular weight is 374 g/mol. The zero-order valence-electron chi connectivity index (χ0n) is 16.5. The normalized spacial score (nSPS) is 20.6. The molecule has 1 N–H and O–H groups in total. The molecule has 1 aromatic heterocycles. The quantitative estimate of drug-likeness (QED) is 0.885. The van der Waals surface area contributed by atoms with Crippen LogP contribution in [0.3, 0.4) is 0 Å². The minimum absolute atomic E-state index is 0.0790. The number of rotatable bonds is 3. The number of carbonyl (C=O) groups excluding carboxylic acids is 1. The van der Waals surface area contributed by atoms with Gasteiger partial charge < -0.3 is 10.2 Å². The highest BCUT2D eigenvalue weighted by Gasteiger charge is 2.30. The molecule has 4 rings (SSSR count). The zero-order valence-corrected chi connectivity index (χ0v) is 16.5. The Labute approximate surface area is 165 Å². The Balaban J connectivity index is 1.45. The van der Waals surface area contributed by atoms with Gasteiger partial charge in [0.25, 0.3) is 5.91 Å². The summed E-state index contributed by atoms with van der Waals surface area (Å²) in [6, 6.07) is 9.85. The molecular weight excluding hydrogens is 348 g/mol. The molecule has 0 spiro atoms. The third-order valence-electron chi connectivity index (χ3n) is 5.62. The summed E-state index contributed by atoms with van der Waals surface area (Å²) >= 11 is 0. The van der Waals surface area contributed by atoms with Gasteiger partial charge in [-0.25, -0.2) is 0 Å². The van der Waals surface area contributed by atoms with Crippen molar-refractivity contribution in [1.29, 1.82) is 0 Å². The van der Waals surface area contributed by atoms with E-state index in [4.69, 9.17) is 0 Å². The first-order valence-electron chi connectivity index (χ1n) is 9.99. The van der Waals surface area contributed by atoms with Crippen molar-refractivity contribution in [1.82, 2.24) is 15.2 Å². The van der Waals surface area contributed by atoms with Gasteiger partial charge in [0.2, 0.25) is 0 Å². The predicted octanol–water partition coefficient (Wildman–Crippen LogP) is 3.94. The van der Waals surface area contributed by atoms with Gasteiger partial charge in [-0.15, -0.1) is 0 Å². The van der Waals surface area contributed by atoms with Crippen molar-refractivity contribution in [3.05, 3.63) is 65.5 Å². The highest BCUT2D eigenvalue weighted by molar-refractivity contribution is 6.05. The van der Waals surface area contributed by atoms with E-state index >= 15 is 0 Å². The second-order valence-corrected chi connectivity index (χ2v) is 7.33. The zero-order chi connectivity index (χ0) is 19.5. The topological polar surface area (TPSA) is 57.6 Å². The molecule has 2 aromatic rings. The summed E-state index contributed by atoms with van der Waals surface area (Å²) in [5.74, 6) is 1.50. The van der Waals surface area contributed by atoms with Crippen LogP contribution in [0.25, 0.3) is 10.9 Å². The van der Waals surface area contributed by atoms with Crippen LogP contribution in [0, 0.1) is 5.92 Å². The van der Waals surface area contributed by atoms with Crippen molar-refractivity contribution in [3.8, 4) is 0 Å². The summed E-state index contributed by atoms with van der Waals surface area (Å²) in [5, 5.41) is 4.30. The Morgan fingerprint density at radius 2 is 2.11 bits per heavy atom. The molecule has 5 nitrogen and oxygen atoms in total. The number of aliphatic imine (C=N–C) groups is 1. The van der Waals surface area contributed by atoms with Crippen molar-refractivity contribution < 1.29 is 4.79 Å². The molecule has 1 saturated heterocycles. The summed E-state index contributed by atoms with van der Waals surface area (Å²) in [5.41, 5.74) is 4.16. The maximum Gasteiger partial charge on any atom is 0.255 e. The minimum atomic E-state index is 0.0790. The predicted molar refractivity (Wildman–Crippen MR) is 113 cm³/mol. The van der Waals surface area contributed by atoms with Crippen LogP contribution in [-0.2, 0) is 0 Å². The standard InChI is InChI=1S/C23H26N4O/c1-3-6-19-20(15-26-22(19)24-2)16-9-11-27(12-10-16)23(28)18-13-17-7-4-5-8-21(17)25-14-18/h4-8,13-16H,3,9-12H2,1-2H3,(H,24,26)/b19-6-. The van der Waals surface area contributed by atoms with E-state index in [1.54, 1.807) is 6.20 Å². The Bertz CT molecular complexity index is 981. The number of carbonyl (C=O) groups is 1. The monoisotopic (exact) mass is 374 g/mol. The van der Waals surface area contributed by atoms with Crippen molar-refractivity contribution in [2.45, 2.75) is 26.2 Å². The molecule has 144 valence electrons. The fourth-order valence-corrected chi connectivity index (χ4v) is 4.14. The lowest BCUT2D eigenvalue weighted by molar-refractivity contribution is 0.0702.